The first-order chi connectivity index (χ1) is 12.1. The summed E-state index contributed by atoms with van der Waals surface area (Å²) >= 11 is 0. The minimum atomic E-state index is -4.46. The summed E-state index contributed by atoms with van der Waals surface area (Å²) in [4.78, 5) is 35.3. The van der Waals surface area contributed by atoms with E-state index in [1.807, 2.05) is 0 Å². The Bertz CT molecular complexity index is 643. The third-order valence-corrected chi connectivity index (χ3v) is 3.70. The highest BCUT2D eigenvalue weighted by Crippen LogP contribution is 2.29. The van der Waals surface area contributed by atoms with Crippen molar-refractivity contribution in [2.75, 3.05) is 14.2 Å². The van der Waals surface area contributed by atoms with Gasteiger partial charge in [-0.05, 0) is 23.6 Å². The topological polar surface area (TPSA) is 81.7 Å². The summed E-state index contributed by atoms with van der Waals surface area (Å²) in [7, 11) is 2.34. The predicted octanol–water partition coefficient (Wildman–Crippen LogP) is 2.10. The van der Waals surface area contributed by atoms with E-state index in [1.165, 1.54) is 19.2 Å². The third kappa shape index (κ3) is 6.38. The molecule has 1 aromatic carbocycles. The van der Waals surface area contributed by atoms with Gasteiger partial charge in [0, 0.05) is 0 Å². The molecule has 1 N–H and O–H groups in total. The molecule has 9 heteroatoms. The van der Waals surface area contributed by atoms with Crippen LogP contribution in [0.5, 0.6) is 0 Å². The van der Waals surface area contributed by atoms with Gasteiger partial charge in [0.15, 0.2) is 0 Å². The lowest BCUT2D eigenvalue weighted by Crippen LogP contribution is -2.46. The van der Waals surface area contributed by atoms with Crippen molar-refractivity contribution >= 4 is 17.8 Å². The fourth-order valence-corrected chi connectivity index (χ4v) is 2.25. The van der Waals surface area contributed by atoms with Crippen LogP contribution in [-0.2, 0) is 36.5 Å². The second kappa shape index (κ2) is 9.21. The third-order valence-electron chi connectivity index (χ3n) is 3.70. The number of hydrogen-bond acceptors (Lipinski definition) is 5. The zero-order chi connectivity index (χ0) is 19.9. The fourth-order valence-electron chi connectivity index (χ4n) is 2.25. The largest absolute Gasteiger partial charge is 0.469 e. The number of methoxy groups -OCH3 is 2. The number of alkyl halides is 3. The average Bonchev–Trinajstić information content (AvgIpc) is 2.58. The second-order valence-corrected chi connectivity index (χ2v) is 5.70. The number of carbonyl (C=O) groups excluding carboxylic acids is 3. The first-order valence-corrected chi connectivity index (χ1v) is 7.68. The Balaban J connectivity index is 2.77. The van der Waals surface area contributed by atoms with E-state index in [4.69, 9.17) is 0 Å². The number of esters is 2. The first-order valence-electron chi connectivity index (χ1n) is 7.68. The van der Waals surface area contributed by atoms with Gasteiger partial charge in [-0.2, -0.15) is 13.2 Å². The van der Waals surface area contributed by atoms with E-state index in [-0.39, 0.29) is 12.8 Å². The maximum absolute atomic E-state index is 12.5. The van der Waals surface area contributed by atoms with Crippen LogP contribution in [0.3, 0.4) is 0 Å². The van der Waals surface area contributed by atoms with E-state index < -0.39 is 41.5 Å². The van der Waals surface area contributed by atoms with E-state index >= 15 is 0 Å². The number of ether oxygens (including phenoxy) is 2. The lowest BCUT2D eigenvalue weighted by atomic mass is 9.97. The molecule has 0 aromatic heterocycles. The molecule has 0 saturated carbocycles. The molecule has 2 atom stereocenters. The molecule has 0 aliphatic carbocycles. The second-order valence-electron chi connectivity index (χ2n) is 5.70. The lowest BCUT2D eigenvalue weighted by molar-refractivity contribution is -0.148. The van der Waals surface area contributed by atoms with Crippen molar-refractivity contribution in [2.24, 2.45) is 5.92 Å². The van der Waals surface area contributed by atoms with Gasteiger partial charge in [-0.25, -0.2) is 4.79 Å². The van der Waals surface area contributed by atoms with Crippen LogP contribution in [0, 0.1) is 5.92 Å². The molecule has 0 radical (unpaired) electrons. The van der Waals surface area contributed by atoms with Crippen molar-refractivity contribution in [3.05, 3.63) is 35.4 Å². The Hall–Kier alpha value is -2.58. The van der Waals surface area contributed by atoms with Crippen LogP contribution in [0.1, 0.15) is 24.5 Å². The smallest absolute Gasteiger partial charge is 0.416 e. The van der Waals surface area contributed by atoms with Crippen molar-refractivity contribution in [3.63, 3.8) is 0 Å². The number of amides is 1. The average molecular weight is 375 g/mol. The Labute approximate surface area is 148 Å². The minimum absolute atomic E-state index is 0.114. The number of carbonyl (C=O) groups is 3. The molecular weight excluding hydrogens is 355 g/mol. The molecule has 0 heterocycles. The standard InChI is InChI=1S/C17H20F3NO5/c1-10(8-14(23)25-2)15(16(24)26-3)21-13(22)9-11-4-6-12(7-5-11)17(18,19)20/h4-7,10,15H,8-9H2,1-3H3,(H,21,22)/t10-,15+/m1/s1. The van der Waals surface area contributed by atoms with Gasteiger partial charge in [0.25, 0.3) is 0 Å². The van der Waals surface area contributed by atoms with E-state index in [9.17, 15) is 27.6 Å². The van der Waals surface area contributed by atoms with Crippen molar-refractivity contribution in [2.45, 2.75) is 32.0 Å². The van der Waals surface area contributed by atoms with Crippen LogP contribution in [-0.4, -0.2) is 38.1 Å². The van der Waals surface area contributed by atoms with Gasteiger partial charge in [-0.3, -0.25) is 9.59 Å². The van der Waals surface area contributed by atoms with Gasteiger partial charge in [-0.1, -0.05) is 19.1 Å². The van der Waals surface area contributed by atoms with Crippen LogP contribution in [0.2, 0.25) is 0 Å². The van der Waals surface area contributed by atoms with Crippen LogP contribution >= 0.6 is 0 Å². The molecule has 0 saturated heterocycles. The van der Waals surface area contributed by atoms with Gasteiger partial charge >= 0.3 is 18.1 Å². The molecule has 1 rings (SSSR count). The molecule has 26 heavy (non-hydrogen) atoms. The Kier molecular flexibility index (Phi) is 7.60. The van der Waals surface area contributed by atoms with Crippen LogP contribution < -0.4 is 5.32 Å². The van der Waals surface area contributed by atoms with E-state index in [2.05, 4.69) is 14.8 Å². The quantitative estimate of drug-likeness (QED) is 0.738. The number of nitrogens with one attached hydrogen (secondary N) is 1. The predicted molar refractivity (Wildman–Crippen MR) is 84.9 cm³/mol. The van der Waals surface area contributed by atoms with Gasteiger partial charge in [0.2, 0.25) is 5.91 Å². The Morgan fingerprint density at radius 2 is 1.65 bits per heavy atom. The summed E-state index contributed by atoms with van der Waals surface area (Å²) in [6.07, 6.45) is -4.80. The Morgan fingerprint density at radius 1 is 1.08 bits per heavy atom. The molecule has 144 valence electrons. The summed E-state index contributed by atoms with van der Waals surface area (Å²) in [5, 5.41) is 2.45. The monoisotopic (exact) mass is 375 g/mol. The maximum Gasteiger partial charge on any atom is 0.416 e. The molecule has 0 fully saturated rings. The minimum Gasteiger partial charge on any atom is -0.469 e. The first kappa shape index (κ1) is 21.5. The highest BCUT2D eigenvalue weighted by atomic mass is 19.4. The number of halogens is 3. The Morgan fingerprint density at radius 3 is 2.12 bits per heavy atom. The molecule has 6 nitrogen and oxygen atoms in total. The highest BCUT2D eigenvalue weighted by Gasteiger charge is 2.31. The summed E-state index contributed by atoms with van der Waals surface area (Å²) in [5.41, 5.74) is -0.472. The molecule has 1 aromatic rings. The summed E-state index contributed by atoms with van der Waals surface area (Å²) in [5.74, 6) is -2.46. The summed E-state index contributed by atoms with van der Waals surface area (Å²) < 4.78 is 46.8. The van der Waals surface area contributed by atoms with Gasteiger partial charge in [-0.15, -0.1) is 0 Å². The summed E-state index contributed by atoms with van der Waals surface area (Å²) in [6, 6.07) is 3.04. The molecule has 0 aliphatic rings. The highest BCUT2D eigenvalue weighted by molar-refractivity contribution is 5.86. The van der Waals surface area contributed by atoms with Crippen molar-refractivity contribution in [1.29, 1.82) is 0 Å². The van der Waals surface area contributed by atoms with Crippen molar-refractivity contribution < 1.29 is 37.0 Å². The van der Waals surface area contributed by atoms with Gasteiger partial charge in [0.1, 0.15) is 6.04 Å². The molecule has 0 spiro atoms. The van der Waals surface area contributed by atoms with Crippen LogP contribution in [0.25, 0.3) is 0 Å². The van der Waals surface area contributed by atoms with E-state index in [1.54, 1.807) is 6.92 Å². The molecule has 1 amide bonds. The zero-order valence-corrected chi connectivity index (χ0v) is 14.6. The zero-order valence-electron chi connectivity index (χ0n) is 14.6. The fraction of sp³-hybridized carbons (Fsp3) is 0.471. The van der Waals surface area contributed by atoms with Crippen LogP contribution in [0.4, 0.5) is 13.2 Å². The SMILES string of the molecule is COC(=O)C[C@@H](C)[C@H](NC(=O)Cc1ccc(C(F)(F)F)cc1)C(=O)OC. The molecule has 0 aliphatic heterocycles. The van der Waals surface area contributed by atoms with Crippen molar-refractivity contribution in [1.82, 2.24) is 5.32 Å². The lowest BCUT2D eigenvalue weighted by Gasteiger charge is -2.22. The van der Waals surface area contributed by atoms with Gasteiger partial charge < -0.3 is 14.8 Å². The van der Waals surface area contributed by atoms with Crippen molar-refractivity contribution in [3.8, 4) is 0 Å². The molecular formula is C17H20F3NO5. The number of benzene rings is 1. The van der Waals surface area contributed by atoms with E-state index in [0.29, 0.717) is 5.56 Å². The summed E-state index contributed by atoms with van der Waals surface area (Å²) in [6.45, 7) is 1.57. The van der Waals surface area contributed by atoms with E-state index in [0.717, 1.165) is 19.2 Å². The van der Waals surface area contributed by atoms with Gasteiger partial charge in [0.05, 0.1) is 32.6 Å². The van der Waals surface area contributed by atoms with Crippen LogP contribution in [0.15, 0.2) is 24.3 Å². The number of rotatable bonds is 7. The normalized spacial score (nSPS) is 13.5. The maximum atomic E-state index is 12.5. The number of hydrogen-bond donors (Lipinski definition) is 1. The molecule has 0 unspecified atom stereocenters. The molecule has 0 bridgehead atoms.